The van der Waals surface area contributed by atoms with Gasteiger partial charge >= 0.3 is 0 Å². The third-order valence-corrected chi connectivity index (χ3v) is 8.92. The van der Waals surface area contributed by atoms with Crippen molar-refractivity contribution in [1.29, 1.82) is 0 Å². The van der Waals surface area contributed by atoms with Crippen LogP contribution in [0.4, 0.5) is 0 Å². The first-order chi connectivity index (χ1) is 25.1. The van der Waals surface area contributed by atoms with Crippen LogP contribution in [0.1, 0.15) is 35.1 Å². The van der Waals surface area contributed by atoms with E-state index in [1.165, 1.54) is 12.1 Å². The van der Waals surface area contributed by atoms with Gasteiger partial charge in [0.1, 0.15) is 0 Å². The summed E-state index contributed by atoms with van der Waals surface area (Å²) in [6.45, 7) is 1.41. The Morgan fingerprint density at radius 1 is 0.462 bits per heavy atom. The van der Waals surface area contributed by atoms with Gasteiger partial charge in [-0.1, -0.05) is 12.1 Å². The Hall–Kier alpha value is -5.20. The summed E-state index contributed by atoms with van der Waals surface area (Å²) in [5.41, 5.74) is 3.38. The molecule has 0 bridgehead atoms. The number of hydrogen-bond donors (Lipinski definition) is 4. The first kappa shape index (κ1) is 39.6. The van der Waals surface area contributed by atoms with E-state index < -0.39 is 0 Å². The van der Waals surface area contributed by atoms with E-state index in [1.807, 2.05) is 24.3 Å². The Kier molecular flexibility index (Phi) is 14.8. The molecule has 4 rings (SSSR count). The summed E-state index contributed by atoms with van der Waals surface area (Å²) in [6.07, 6.45) is 2.55. The molecule has 52 heavy (non-hydrogen) atoms. The predicted octanol–water partition coefficient (Wildman–Crippen LogP) is 6.79. The van der Waals surface area contributed by atoms with Gasteiger partial charge < -0.3 is 58.3 Å². The molecule has 0 aliphatic rings. The molecule has 12 heteroatoms. The van der Waals surface area contributed by atoms with Crippen LogP contribution in [0.5, 0.6) is 57.5 Å². The average molecular weight is 723 g/mol. The minimum Gasteiger partial charge on any atom is -0.504 e. The van der Waals surface area contributed by atoms with Gasteiger partial charge in [0.15, 0.2) is 46.0 Å². The van der Waals surface area contributed by atoms with Crippen molar-refractivity contribution in [1.82, 2.24) is 0 Å². The second kappa shape index (κ2) is 19.4. The molecule has 0 unspecified atom stereocenters. The van der Waals surface area contributed by atoms with E-state index in [0.717, 1.165) is 28.7 Å². The highest BCUT2D eigenvalue weighted by Gasteiger charge is 2.25. The van der Waals surface area contributed by atoms with Crippen LogP contribution in [-0.2, 0) is 35.5 Å². The van der Waals surface area contributed by atoms with Crippen molar-refractivity contribution >= 4 is 0 Å². The number of phenols is 4. The monoisotopic (exact) mass is 722 g/mol. The molecular weight excluding hydrogens is 672 g/mol. The largest absolute Gasteiger partial charge is 0.504 e. The zero-order chi connectivity index (χ0) is 37.6. The van der Waals surface area contributed by atoms with Crippen LogP contribution in [0, 0.1) is 11.8 Å². The maximum atomic E-state index is 10.3. The Balaban J connectivity index is 1.55. The minimum absolute atomic E-state index is 0.0182. The lowest BCUT2D eigenvalue weighted by molar-refractivity contribution is 0.0578. The van der Waals surface area contributed by atoms with Gasteiger partial charge in [-0.25, -0.2) is 0 Å². The summed E-state index contributed by atoms with van der Waals surface area (Å²) >= 11 is 0. The Morgan fingerprint density at radius 3 is 1.29 bits per heavy atom. The molecule has 4 N–H and O–H groups in total. The summed E-state index contributed by atoms with van der Waals surface area (Å²) in [5.74, 6) is 2.31. The topological polar surface area (TPSA) is 155 Å². The fourth-order valence-corrected chi connectivity index (χ4v) is 6.27. The molecule has 0 saturated carbocycles. The quantitative estimate of drug-likeness (QED) is 0.0529. The first-order valence-electron chi connectivity index (χ1n) is 16.9. The molecule has 0 aliphatic carbocycles. The zero-order valence-electron chi connectivity index (χ0n) is 30.6. The lowest BCUT2D eigenvalue weighted by Gasteiger charge is -2.28. The van der Waals surface area contributed by atoms with Gasteiger partial charge in [0, 0.05) is 6.61 Å². The third kappa shape index (κ3) is 10.4. The standard InChI is InChI=1S/C40H50O12/c1-45-35-18-27(19-36(46-2)39(35)49-5)22-51-13-7-8-29(14-25-9-11-31(41)33(43)16-25)30(15-26-10-12-32(42)34(44)17-26)24-52-23-28-20-37(47-3)40(50-6)38(21-28)48-4/h9-12,16-21,29-30,41-44H,7-8,13-15,22-24H2,1-6H3/t29-,30+/m0/s1. The maximum absolute atomic E-state index is 10.3. The van der Waals surface area contributed by atoms with E-state index in [2.05, 4.69) is 0 Å². The SMILES string of the molecule is COc1cc(COCCC[C@@H](Cc2ccc(O)c(O)c2)[C@@H](COCc2cc(OC)c(OC)c(OC)c2)Cc2ccc(O)c(O)c2)cc(OC)c1OC. The summed E-state index contributed by atoms with van der Waals surface area (Å²) in [4.78, 5) is 0. The number of benzene rings is 4. The second-order valence-corrected chi connectivity index (χ2v) is 12.4. The Morgan fingerprint density at radius 2 is 0.885 bits per heavy atom. The zero-order valence-corrected chi connectivity index (χ0v) is 30.6. The molecule has 0 aliphatic heterocycles. The summed E-state index contributed by atoms with van der Waals surface area (Å²) in [7, 11) is 9.37. The van der Waals surface area contributed by atoms with Crippen molar-refractivity contribution in [3.8, 4) is 57.5 Å². The molecular formula is C40H50O12. The number of phenolic OH excluding ortho intramolecular Hbond substituents is 4. The van der Waals surface area contributed by atoms with Gasteiger partial charge in [-0.3, -0.25) is 0 Å². The third-order valence-electron chi connectivity index (χ3n) is 8.92. The normalized spacial score (nSPS) is 12.2. The predicted molar refractivity (Wildman–Crippen MR) is 195 cm³/mol. The van der Waals surface area contributed by atoms with Crippen LogP contribution >= 0.6 is 0 Å². The van der Waals surface area contributed by atoms with E-state index in [-0.39, 0.29) is 41.4 Å². The Labute approximate surface area is 305 Å². The van der Waals surface area contributed by atoms with Crippen molar-refractivity contribution in [2.24, 2.45) is 11.8 Å². The minimum atomic E-state index is -0.199. The summed E-state index contributed by atoms with van der Waals surface area (Å²) in [6, 6.07) is 17.1. The van der Waals surface area contributed by atoms with E-state index in [4.69, 9.17) is 37.9 Å². The first-order valence-corrected chi connectivity index (χ1v) is 16.9. The molecule has 4 aromatic rings. The van der Waals surface area contributed by atoms with Crippen molar-refractivity contribution in [2.75, 3.05) is 55.9 Å². The maximum Gasteiger partial charge on any atom is 0.203 e. The van der Waals surface area contributed by atoms with E-state index in [0.29, 0.717) is 73.6 Å². The molecule has 0 spiro atoms. The molecule has 4 aromatic carbocycles. The van der Waals surface area contributed by atoms with Crippen LogP contribution in [0.2, 0.25) is 0 Å². The van der Waals surface area contributed by atoms with Crippen molar-refractivity contribution < 1.29 is 58.3 Å². The lowest BCUT2D eigenvalue weighted by Crippen LogP contribution is -2.25. The second-order valence-electron chi connectivity index (χ2n) is 12.4. The average Bonchev–Trinajstić information content (AvgIpc) is 3.15. The van der Waals surface area contributed by atoms with E-state index in [9.17, 15) is 20.4 Å². The van der Waals surface area contributed by atoms with Crippen LogP contribution in [0.15, 0.2) is 60.7 Å². The highest BCUT2D eigenvalue weighted by molar-refractivity contribution is 5.54. The van der Waals surface area contributed by atoms with Crippen molar-refractivity contribution in [3.05, 3.63) is 82.9 Å². The van der Waals surface area contributed by atoms with Crippen LogP contribution in [0.25, 0.3) is 0 Å². The van der Waals surface area contributed by atoms with Gasteiger partial charge in [-0.05, 0) is 108 Å². The molecule has 0 saturated heterocycles. The van der Waals surface area contributed by atoms with Crippen molar-refractivity contribution in [3.63, 3.8) is 0 Å². The molecule has 0 aromatic heterocycles. The number of hydrogen-bond acceptors (Lipinski definition) is 12. The van der Waals surface area contributed by atoms with Gasteiger partial charge in [0.2, 0.25) is 11.5 Å². The molecule has 0 amide bonds. The van der Waals surface area contributed by atoms with Crippen LogP contribution in [0.3, 0.4) is 0 Å². The van der Waals surface area contributed by atoms with Gasteiger partial charge in [0.05, 0.1) is 62.5 Å². The highest BCUT2D eigenvalue weighted by atomic mass is 16.5. The Bertz CT molecular complexity index is 1690. The van der Waals surface area contributed by atoms with E-state index in [1.54, 1.807) is 66.9 Å². The fourth-order valence-electron chi connectivity index (χ4n) is 6.27. The molecule has 0 fully saturated rings. The molecule has 0 radical (unpaired) electrons. The number of ether oxygens (including phenoxy) is 8. The number of rotatable bonds is 21. The summed E-state index contributed by atoms with van der Waals surface area (Å²) < 4.78 is 45.4. The number of aromatic hydroxyl groups is 4. The van der Waals surface area contributed by atoms with Crippen LogP contribution < -0.4 is 28.4 Å². The molecule has 0 heterocycles. The van der Waals surface area contributed by atoms with Crippen LogP contribution in [-0.4, -0.2) is 76.3 Å². The van der Waals surface area contributed by atoms with Gasteiger partial charge in [0.25, 0.3) is 0 Å². The number of methoxy groups -OCH3 is 6. The highest BCUT2D eigenvalue weighted by Crippen LogP contribution is 2.40. The smallest absolute Gasteiger partial charge is 0.203 e. The molecule has 12 nitrogen and oxygen atoms in total. The van der Waals surface area contributed by atoms with Crippen molar-refractivity contribution in [2.45, 2.75) is 38.9 Å². The van der Waals surface area contributed by atoms with E-state index >= 15 is 0 Å². The molecule has 282 valence electrons. The fraction of sp³-hybridized carbons (Fsp3) is 0.400. The van der Waals surface area contributed by atoms with Gasteiger partial charge in [-0.15, -0.1) is 0 Å². The lowest BCUT2D eigenvalue weighted by atomic mass is 9.80. The summed E-state index contributed by atoms with van der Waals surface area (Å²) in [5, 5.41) is 40.5. The van der Waals surface area contributed by atoms with Gasteiger partial charge in [-0.2, -0.15) is 0 Å². The molecule has 2 atom stereocenters.